The summed E-state index contributed by atoms with van der Waals surface area (Å²) in [6.07, 6.45) is 4.71. The minimum Gasteiger partial charge on any atom is -0.273 e. The zero-order valence-electron chi connectivity index (χ0n) is 13.3. The molecule has 0 bridgehead atoms. The molecule has 0 unspecified atom stereocenters. The molecule has 23 heavy (non-hydrogen) atoms. The van der Waals surface area contributed by atoms with Crippen molar-refractivity contribution in [2.45, 2.75) is 44.9 Å². The van der Waals surface area contributed by atoms with Crippen LogP contribution in [-0.4, -0.2) is 16.6 Å². The Balaban J connectivity index is 1.65. The van der Waals surface area contributed by atoms with Gasteiger partial charge in [-0.1, -0.05) is 36.8 Å². The highest BCUT2D eigenvalue weighted by Crippen LogP contribution is 2.30. The molecule has 1 heterocycles. The summed E-state index contributed by atoms with van der Waals surface area (Å²) in [4.78, 5) is 16.4. The highest BCUT2D eigenvalue weighted by Gasteiger charge is 2.22. The van der Waals surface area contributed by atoms with Crippen molar-refractivity contribution in [3.05, 3.63) is 52.0 Å². The van der Waals surface area contributed by atoms with Crippen LogP contribution in [0.2, 0.25) is 0 Å². The van der Waals surface area contributed by atoms with E-state index in [1.807, 2.05) is 18.4 Å². The smallest absolute Gasteiger partial charge is 0.246 e. The van der Waals surface area contributed by atoms with E-state index in [2.05, 4.69) is 39.8 Å². The second-order valence-corrected chi connectivity index (χ2v) is 6.85. The highest BCUT2D eigenvalue weighted by atomic mass is 32.1. The molecule has 120 valence electrons. The molecule has 1 atom stereocenters. The molecular weight excluding hydrogens is 306 g/mol. The third kappa shape index (κ3) is 4.26. The van der Waals surface area contributed by atoms with Crippen LogP contribution in [-0.2, 0) is 11.2 Å². The molecule has 4 nitrogen and oxygen atoms in total. The van der Waals surface area contributed by atoms with Crippen LogP contribution in [0.5, 0.6) is 0 Å². The van der Waals surface area contributed by atoms with Crippen LogP contribution in [0.25, 0.3) is 0 Å². The SMILES string of the molecule is Cc1csc(CC(=O)NN=C2CCCC[C@@H]2c2ccccc2)n1. The number of rotatable bonds is 4. The van der Waals surface area contributed by atoms with E-state index >= 15 is 0 Å². The van der Waals surface area contributed by atoms with Gasteiger partial charge >= 0.3 is 0 Å². The molecule has 0 aliphatic heterocycles. The number of amides is 1. The van der Waals surface area contributed by atoms with Crippen LogP contribution in [0.4, 0.5) is 0 Å². The van der Waals surface area contributed by atoms with Crippen molar-refractivity contribution < 1.29 is 4.79 Å². The second kappa shape index (κ2) is 7.51. The Labute approximate surface area is 140 Å². The number of aryl methyl sites for hydroxylation is 1. The van der Waals surface area contributed by atoms with Gasteiger partial charge in [0.05, 0.1) is 6.42 Å². The number of benzene rings is 1. The van der Waals surface area contributed by atoms with Gasteiger partial charge in [-0.3, -0.25) is 4.79 Å². The average Bonchev–Trinajstić information content (AvgIpc) is 2.99. The number of carbonyl (C=O) groups excluding carboxylic acids is 1. The molecule has 2 aromatic rings. The molecule has 1 aromatic carbocycles. The highest BCUT2D eigenvalue weighted by molar-refractivity contribution is 7.09. The zero-order valence-corrected chi connectivity index (χ0v) is 14.1. The summed E-state index contributed by atoms with van der Waals surface area (Å²) in [5, 5.41) is 7.23. The summed E-state index contributed by atoms with van der Waals surface area (Å²) in [5.41, 5.74) is 6.06. The molecule has 3 rings (SSSR count). The third-order valence-corrected chi connectivity index (χ3v) is 5.05. The molecule has 1 fully saturated rings. The average molecular weight is 327 g/mol. The Morgan fingerprint density at radius 1 is 1.35 bits per heavy atom. The molecule has 0 spiro atoms. The first-order chi connectivity index (χ1) is 11.2. The molecule has 5 heteroatoms. The van der Waals surface area contributed by atoms with Crippen LogP contribution < -0.4 is 5.43 Å². The fourth-order valence-electron chi connectivity index (χ4n) is 2.97. The van der Waals surface area contributed by atoms with Crippen molar-refractivity contribution in [1.29, 1.82) is 0 Å². The van der Waals surface area contributed by atoms with Gasteiger partial charge in [0, 0.05) is 22.7 Å². The summed E-state index contributed by atoms with van der Waals surface area (Å²) < 4.78 is 0. The van der Waals surface area contributed by atoms with E-state index in [9.17, 15) is 4.79 Å². The number of aromatic nitrogens is 1. The maximum absolute atomic E-state index is 12.1. The molecule has 1 N–H and O–H groups in total. The van der Waals surface area contributed by atoms with E-state index < -0.39 is 0 Å². The lowest BCUT2D eigenvalue weighted by Gasteiger charge is -2.24. The minimum absolute atomic E-state index is 0.0933. The Morgan fingerprint density at radius 2 is 2.17 bits per heavy atom. The van der Waals surface area contributed by atoms with Gasteiger partial charge in [-0.2, -0.15) is 5.10 Å². The Bertz CT molecular complexity index is 693. The van der Waals surface area contributed by atoms with Gasteiger partial charge in [-0.25, -0.2) is 10.4 Å². The normalized spacial score (nSPS) is 19.7. The number of hydrogen-bond donors (Lipinski definition) is 1. The zero-order chi connectivity index (χ0) is 16.1. The van der Waals surface area contributed by atoms with Crippen LogP contribution >= 0.6 is 11.3 Å². The number of carbonyl (C=O) groups is 1. The van der Waals surface area contributed by atoms with Crippen LogP contribution in [0.3, 0.4) is 0 Å². The molecule has 1 amide bonds. The Kier molecular flexibility index (Phi) is 5.18. The lowest BCUT2D eigenvalue weighted by molar-refractivity contribution is -0.120. The lowest BCUT2D eigenvalue weighted by atomic mass is 9.82. The van der Waals surface area contributed by atoms with E-state index in [4.69, 9.17) is 0 Å². The third-order valence-electron chi connectivity index (χ3n) is 4.08. The van der Waals surface area contributed by atoms with E-state index in [1.165, 1.54) is 23.3 Å². The van der Waals surface area contributed by atoms with Crippen LogP contribution in [0.1, 0.15) is 47.9 Å². The predicted octanol–water partition coefficient (Wildman–Crippen LogP) is 3.82. The van der Waals surface area contributed by atoms with Crippen molar-refractivity contribution >= 4 is 23.0 Å². The molecule has 0 saturated heterocycles. The van der Waals surface area contributed by atoms with Crippen molar-refractivity contribution in [2.24, 2.45) is 5.10 Å². The fraction of sp³-hybridized carbons (Fsp3) is 0.389. The van der Waals surface area contributed by atoms with E-state index in [1.54, 1.807) is 0 Å². The Hall–Kier alpha value is -2.01. The number of nitrogens with one attached hydrogen (secondary N) is 1. The van der Waals surface area contributed by atoms with Crippen molar-refractivity contribution in [3.63, 3.8) is 0 Å². The van der Waals surface area contributed by atoms with Crippen molar-refractivity contribution in [1.82, 2.24) is 10.4 Å². The predicted molar refractivity (Wildman–Crippen MR) is 93.8 cm³/mol. The standard InChI is InChI=1S/C18H21N3OS/c1-13-12-23-18(19-13)11-17(22)21-20-16-10-6-5-9-15(16)14-7-3-2-4-8-14/h2-4,7-8,12,15H,5-6,9-11H2,1H3,(H,21,22)/t15-/m1/s1. The molecule has 1 aliphatic rings. The molecule has 0 radical (unpaired) electrons. The maximum atomic E-state index is 12.1. The number of thiazole rings is 1. The van der Waals surface area contributed by atoms with Gasteiger partial charge in [0.2, 0.25) is 5.91 Å². The second-order valence-electron chi connectivity index (χ2n) is 5.91. The van der Waals surface area contributed by atoms with Gasteiger partial charge < -0.3 is 0 Å². The molecule has 1 aliphatic carbocycles. The van der Waals surface area contributed by atoms with Gasteiger partial charge in [0.25, 0.3) is 0 Å². The fourth-order valence-corrected chi connectivity index (χ4v) is 3.74. The van der Waals surface area contributed by atoms with Gasteiger partial charge in [-0.05, 0) is 31.7 Å². The molecule has 1 aromatic heterocycles. The van der Waals surface area contributed by atoms with Gasteiger partial charge in [0.1, 0.15) is 5.01 Å². The molecule has 1 saturated carbocycles. The largest absolute Gasteiger partial charge is 0.273 e. The monoisotopic (exact) mass is 327 g/mol. The maximum Gasteiger partial charge on any atom is 0.246 e. The summed E-state index contributed by atoms with van der Waals surface area (Å²) in [6.45, 7) is 1.94. The van der Waals surface area contributed by atoms with Crippen LogP contribution in [0.15, 0.2) is 40.8 Å². The summed E-state index contributed by atoms with van der Waals surface area (Å²) in [6, 6.07) is 10.4. The quantitative estimate of drug-likeness (QED) is 0.868. The van der Waals surface area contributed by atoms with E-state index in [0.29, 0.717) is 12.3 Å². The van der Waals surface area contributed by atoms with E-state index in [-0.39, 0.29) is 5.91 Å². The number of nitrogens with zero attached hydrogens (tertiary/aromatic N) is 2. The number of hydrogen-bond acceptors (Lipinski definition) is 4. The van der Waals surface area contributed by atoms with Crippen LogP contribution in [0, 0.1) is 6.92 Å². The first kappa shape index (κ1) is 15.9. The lowest BCUT2D eigenvalue weighted by Crippen LogP contribution is -2.25. The van der Waals surface area contributed by atoms with Crippen molar-refractivity contribution in [3.8, 4) is 0 Å². The topological polar surface area (TPSA) is 54.4 Å². The summed E-state index contributed by atoms with van der Waals surface area (Å²) >= 11 is 1.52. The minimum atomic E-state index is -0.0933. The van der Waals surface area contributed by atoms with Crippen molar-refractivity contribution in [2.75, 3.05) is 0 Å². The first-order valence-corrected chi connectivity index (χ1v) is 8.91. The molecular formula is C18H21N3OS. The van der Waals surface area contributed by atoms with Gasteiger partial charge in [0.15, 0.2) is 0 Å². The Morgan fingerprint density at radius 3 is 2.91 bits per heavy atom. The number of hydrazone groups is 1. The van der Waals surface area contributed by atoms with Gasteiger partial charge in [-0.15, -0.1) is 11.3 Å². The first-order valence-electron chi connectivity index (χ1n) is 8.03. The van der Waals surface area contributed by atoms with E-state index in [0.717, 1.165) is 35.7 Å². The summed E-state index contributed by atoms with van der Waals surface area (Å²) in [5.74, 6) is 0.233. The summed E-state index contributed by atoms with van der Waals surface area (Å²) in [7, 11) is 0.